The van der Waals surface area contributed by atoms with Crippen LogP contribution in [0, 0.1) is 20.8 Å². The highest BCUT2D eigenvalue weighted by Gasteiger charge is 2.34. The molecule has 3 rings (SSSR count). The fourth-order valence-electron chi connectivity index (χ4n) is 3.62. The smallest absolute Gasteiger partial charge is 0.125 e. The van der Waals surface area contributed by atoms with E-state index in [4.69, 9.17) is 4.74 Å². The zero-order chi connectivity index (χ0) is 12.7. The molecule has 0 amide bonds. The summed E-state index contributed by atoms with van der Waals surface area (Å²) in [6.07, 6.45) is 5.41. The predicted octanol–water partition coefficient (Wildman–Crippen LogP) is 3.27. The highest BCUT2D eigenvalue weighted by Crippen LogP contribution is 2.32. The summed E-state index contributed by atoms with van der Waals surface area (Å²) in [6, 6.07) is 5.83. The summed E-state index contributed by atoms with van der Waals surface area (Å²) in [5.41, 5.74) is 3.87. The van der Waals surface area contributed by atoms with E-state index >= 15 is 0 Å². The Hall–Kier alpha value is -1.02. The van der Waals surface area contributed by atoms with Crippen LogP contribution in [0.5, 0.6) is 5.75 Å². The summed E-state index contributed by atoms with van der Waals surface area (Å²) >= 11 is 0. The molecule has 2 fully saturated rings. The lowest BCUT2D eigenvalue weighted by Gasteiger charge is -2.30. The number of hydrogen-bond donors (Lipinski definition) is 1. The highest BCUT2D eigenvalue weighted by molar-refractivity contribution is 5.43. The van der Waals surface area contributed by atoms with E-state index in [1.54, 1.807) is 0 Å². The maximum Gasteiger partial charge on any atom is 0.125 e. The van der Waals surface area contributed by atoms with Crippen molar-refractivity contribution in [1.82, 2.24) is 5.32 Å². The van der Waals surface area contributed by atoms with Crippen molar-refractivity contribution in [3.05, 3.63) is 28.8 Å². The van der Waals surface area contributed by atoms with Crippen molar-refractivity contribution >= 4 is 0 Å². The minimum absolute atomic E-state index is 0.406. The van der Waals surface area contributed by atoms with Gasteiger partial charge in [-0.2, -0.15) is 0 Å². The molecule has 1 N–H and O–H groups in total. The van der Waals surface area contributed by atoms with Crippen LogP contribution >= 0.6 is 0 Å². The standard InChI is InChI=1S/C16H23NO/c1-10-6-11(2)16(12(3)7-10)18-15-8-13-4-5-14(9-15)17-13/h6-7,13-15,17H,4-5,8-9H2,1-3H3. The third kappa shape index (κ3) is 2.26. The molecule has 18 heavy (non-hydrogen) atoms. The lowest BCUT2D eigenvalue weighted by atomic mass is 10.0. The second-order valence-electron chi connectivity index (χ2n) is 6.08. The fourth-order valence-corrected chi connectivity index (χ4v) is 3.62. The summed E-state index contributed by atoms with van der Waals surface area (Å²) in [5, 5.41) is 3.66. The first-order valence-electron chi connectivity index (χ1n) is 7.12. The number of nitrogens with one attached hydrogen (secondary N) is 1. The van der Waals surface area contributed by atoms with Crippen LogP contribution in [0.2, 0.25) is 0 Å². The maximum atomic E-state index is 6.31. The van der Waals surface area contributed by atoms with Crippen LogP contribution < -0.4 is 10.1 Å². The second kappa shape index (κ2) is 4.58. The molecule has 2 atom stereocenters. The normalized spacial score (nSPS) is 30.5. The summed E-state index contributed by atoms with van der Waals surface area (Å²) in [4.78, 5) is 0. The number of rotatable bonds is 2. The van der Waals surface area contributed by atoms with Gasteiger partial charge in [-0.3, -0.25) is 0 Å². The van der Waals surface area contributed by atoms with Crippen LogP contribution in [0.4, 0.5) is 0 Å². The second-order valence-corrected chi connectivity index (χ2v) is 6.08. The first-order valence-corrected chi connectivity index (χ1v) is 7.12. The average molecular weight is 245 g/mol. The van der Waals surface area contributed by atoms with Gasteiger partial charge in [-0.25, -0.2) is 0 Å². The molecule has 0 aromatic heterocycles. The quantitative estimate of drug-likeness (QED) is 0.863. The molecule has 2 unspecified atom stereocenters. The van der Waals surface area contributed by atoms with Crippen molar-refractivity contribution in [2.45, 2.75) is 64.6 Å². The number of piperidine rings is 1. The van der Waals surface area contributed by atoms with Gasteiger partial charge in [-0.05, 0) is 57.6 Å². The summed E-state index contributed by atoms with van der Waals surface area (Å²) in [7, 11) is 0. The van der Waals surface area contributed by atoms with Gasteiger partial charge in [-0.15, -0.1) is 0 Å². The van der Waals surface area contributed by atoms with Gasteiger partial charge >= 0.3 is 0 Å². The molecule has 2 aliphatic rings. The molecule has 2 aliphatic heterocycles. The lowest BCUT2D eigenvalue weighted by molar-refractivity contribution is 0.135. The van der Waals surface area contributed by atoms with Crippen molar-refractivity contribution < 1.29 is 4.74 Å². The molecule has 0 radical (unpaired) electrons. The Labute approximate surface area is 110 Å². The molecule has 1 aromatic carbocycles. The van der Waals surface area contributed by atoms with Gasteiger partial charge in [0.15, 0.2) is 0 Å². The molecule has 0 spiro atoms. The number of hydrogen-bond acceptors (Lipinski definition) is 2. The molecule has 2 nitrogen and oxygen atoms in total. The van der Waals surface area contributed by atoms with Crippen LogP contribution in [0.15, 0.2) is 12.1 Å². The van der Waals surface area contributed by atoms with Crippen molar-refractivity contribution in [2.24, 2.45) is 0 Å². The van der Waals surface area contributed by atoms with Crippen molar-refractivity contribution in [3.8, 4) is 5.75 Å². The SMILES string of the molecule is Cc1cc(C)c(OC2CC3CCC(C2)N3)c(C)c1. The van der Waals surface area contributed by atoms with Crippen LogP contribution in [-0.2, 0) is 0 Å². The molecule has 0 aliphatic carbocycles. The van der Waals surface area contributed by atoms with Crippen molar-refractivity contribution in [3.63, 3.8) is 0 Å². The van der Waals surface area contributed by atoms with E-state index in [-0.39, 0.29) is 0 Å². The van der Waals surface area contributed by atoms with Crippen LogP contribution in [0.25, 0.3) is 0 Å². The fraction of sp³-hybridized carbons (Fsp3) is 0.625. The van der Waals surface area contributed by atoms with Crippen LogP contribution in [-0.4, -0.2) is 18.2 Å². The van der Waals surface area contributed by atoms with Gasteiger partial charge in [0, 0.05) is 12.1 Å². The Morgan fingerprint density at radius 3 is 2.11 bits per heavy atom. The van der Waals surface area contributed by atoms with Crippen LogP contribution in [0.1, 0.15) is 42.4 Å². The number of aryl methyl sites for hydroxylation is 3. The number of benzene rings is 1. The van der Waals surface area contributed by atoms with Gasteiger partial charge in [0.05, 0.1) is 0 Å². The molecule has 1 aromatic rings. The zero-order valence-corrected chi connectivity index (χ0v) is 11.6. The Balaban J connectivity index is 1.77. The summed E-state index contributed by atoms with van der Waals surface area (Å²) < 4.78 is 6.31. The van der Waals surface area contributed by atoms with Gasteiger partial charge in [-0.1, -0.05) is 17.7 Å². The van der Waals surface area contributed by atoms with E-state index in [1.807, 2.05) is 0 Å². The summed E-state index contributed by atoms with van der Waals surface area (Å²) in [5.74, 6) is 1.12. The van der Waals surface area contributed by atoms with Gasteiger partial charge in [0.2, 0.25) is 0 Å². The van der Waals surface area contributed by atoms with Crippen molar-refractivity contribution in [2.75, 3.05) is 0 Å². The molecule has 98 valence electrons. The lowest BCUT2D eigenvalue weighted by Crippen LogP contribution is -2.42. The van der Waals surface area contributed by atoms with E-state index in [0.29, 0.717) is 18.2 Å². The van der Waals surface area contributed by atoms with E-state index in [1.165, 1.54) is 42.4 Å². The zero-order valence-electron chi connectivity index (χ0n) is 11.6. The third-order valence-electron chi connectivity index (χ3n) is 4.32. The van der Waals surface area contributed by atoms with E-state index < -0.39 is 0 Å². The number of fused-ring (bicyclic) bond motifs is 2. The first kappa shape index (κ1) is 12.0. The Morgan fingerprint density at radius 1 is 1.00 bits per heavy atom. The third-order valence-corrected chi connectivity index (χ3v) is 4.32. The average Bonchev–Trinajstić information content (AvgIpc) is 2.63. The highest BCUT2D eigenvalue weighted by atomic mass is 16.5. The van der Waals surface area contributed by atoms with Gasteiger partial charge < -0.3 is 10.1 Å². The monoisotopic (exact) mass is 245 g/mol. The topological polar surface area (TPSA) is 21.3 Å². The predicted molar refractivity (Wildman–Crippen MR) is 74.2 cm³/mol. The Kier molecular flexibility index (Phi) is 3.06. The van der Waals surface area contributed by atoms with Crippen molar-refractivity contribution in [1.29, 1.82) is 0 Å². The minimum Gasteiger partial charge on any atom is -0.490 e. The van der Waals surface area contributed by atoms with E-state index in [9.17, 15) is 0 Å². The Bertz CT molecular complexity index is 419. The molecular formula is C16H23NO. The molecule has 2 heterocycles. The van der Waals surface area contributed by atoms with Gasteiger partial charge in [0.25, 0.3) is 0 Å². The van der Waals surface area contributed by atoms with E-state index in [2.05, 4.69) is 38.2 Å². The largest absolute Gasteiger partial charge is 0.490 e. The molecule has 0 saturated carbocycles. The maximum absolute atomic E-state index is 6.31. The Morgan fingerprint density at radius 2 is 1.56 bits per heavy atom. The van der Waals surface area contributed by atoms with Gasteiger partial charge in [0.1, 0.15) is 11.9 Å². The van der Waals surface area contributed by atoms with Crippen LogP contribution in [0.3, 0.4) is 0 Å². The minimum atomic E-state index is 0.406. The number of ether oxygens (including phenoxy) is 1. The molecule has 2 heteroatoms. The first-order chi connectivity index (χ1) is 8.61. The summed E-state index contributed by atoms with van der Waals surface area (Å²) in [6.45, 7) is 6.46. The van der Waals surface area contributed by atoms with E-state index in [0.717, 1.165) is 5.75 Å². The molecular weight excluding hydrogens is 222 g/mol. The molecule has 2 saturated heterocycles. The molecule has 2 bridgehead atoms.